The lowest BCUT2D eigenvalue weighted by molar-refractivity contribution is 0.604. The van der Waals surface area contributed by atoms with E-state index in [-0.39, 0.29) is 11.2 Å². The second kappa shape index (κ2) is 6.67. The molecule has 0 saturated heterocycles. The van der Waals surface area contributed by atoms with Crippen molar-refractivity contribution in [2.24, 2.45) is 4.99 Å². The molecule has 3 nitrogen and oxygen atoms in total. The molecule has 0 heterocycles. The summed E-state index contributed by atoms with van der Waals surface area (Å²) in [5.41, 5.74) is 1.15. The zero-order valence-electron chi connectivity index (χ0n) is 13.4. The third-order valence-electron chi connectivity index (χ3n) is 4.87. The molecule has 4 heteroatoms. The highest BCUT2D eigenvalue weighted by Gasteiger charge is 2.44. The van der Waals surface area contributed by atoms with Gasteiger partial charge in [-0.05, 0) is 50.3 Å². The van der Waals surface area contributed by atoms with Gasteiger partial charge in [-0.15, -0.1) is 0 Å². The summed E-state index contributed by atoms with van der Waals surface area (Å²) in [5.74, 6) is 0.765. The molecule has 1 aromatic rings. The molecule has 2 N–H and O–H groups in total. The lowest BCUT2D eigenvalue weighted by Gasteiger charge is -2.19. The van der Waals surface area contributed by atoms with E-state index in [1.165, 1.54) is 31.7 Å². The van der Waals surface area contributed by atoms with E-state index in [1.54, 1.807) is 12.1 Å². The first-order valence-corrected chi connectivity index (χ1v) is 8.53. The van der Waals surface area contributed by atoms with Crippen molar-refractivity contribution in [1.29, 1.82) is 0 Å². The zero-order chi connectivity index (χ0) is 15.4. The number of hydrogen-bond acceptors (Lipinski definition) is 1. The van der Waals surface area contributed by atoms with Gasteiger partial charge in [0.2, 0.25) is 0 Å². The molecule has 0 aliphatic heterocycles. The van der Waals surface area contributed by atoms with Crippen molar-refractivity contribution >= 4 is 5.96 Å². The molecular weight excluding hydrogens is 277 g/mol. The summed E-state index contributed by atoms with van der Waals surface area (Å²) in [7, 11) is 0. The molecule has 0 atom stereocenters. The lowest BCUT2D eigenvalue weighted by Crippen LogP contribution is -2.42. The SMILES string of the molecule is CCNC(=NCC1(c2cccc(F)c2)CC1)NC1CCCC1. The first kappa shape index (κ1) is 15.3. The zero-order valence-corrected chi connectivity index (χ0v) is 13.4. The fourth-order valence-electron chi connectivity index (χ4n) is 3.32. The van der Waals surface area contributed by atoms with Crippen LogP contribution in [0.25, 0.3) is 0 Å². The number of rotatable bonds is 5. The van der Waals surface area contributed by atoms with Gasteiger partial charge in [-0.3, -0.25) is 4.99 Å². The van der Waals surface area contributed by atoms with Gasteiger partial charge in [0.15, 0.2) is 5.96 Å². The Morgan fingerprint density at radius 1 is 1.32 bits per heavy atom. The Hall–Kier alpha value is -1.58. The summed E-state index contributed by atoms with van der Waals surface area (Å²) in [5, 5.41) is 6.88. The molecule has 0 amide bonds. The van der Waals surface area contributed by atoms with Gasteiger partial charge in [0, 0.05) is 18.0 Å². The van der Waals surface area contributed by atoms with Crippen LogP contribution in [-0.2, 0) is 5.41 Å². The topological polar surface area (TPSA) is 36.4 Å². The largest absolute Gasteiger partial charge is 0.357 e. The number of nitrogens with zero attached hydrogens (tertiary/aromatic N) is 1. The molecule has 0 unspecified atom stereocenters. The summed E-state index contributed by atoms with van der Waals surface area (Å²) in [6.07, 6.45) is 7.29. The first-order chi connectivity index (χ1) is 10.7. The predicted molar refractivity (Wildman–Crippen MR) is 88.7 cm³/mol. The summed E-state index contributed by atoms with van der Waals surface area (Å²) < 4.78 is 13.5. The molecule has 2 aliphatic rings. The fourth-order valence-corrected chi connectivity index (χ4v) is 3.32. The number of halogens is 1. The van der Waals surface area contributed by atoms with Crippen molar-refractivity contribution in [3.63, 3.8) is 0 Å². The van der Waals surface area contributed by atoms with Crippen LogP contribution in [0.4, 0.5) is 4.39 Å². The minimum absolute atomic E-state index is 0.0557. The minimum atomic E-state index is -0.149. The van der Waals surface area contributed by atoms with Crippen molar-refractivity contribution in [2.45, 2.75) is 56.9 Å². The van der Waals surface area contributed by atoms with Gasteiger partial charge >= 0.3 is 0 Å². The molecule has 0 bridgehead atoms. The van der Waals surface area contributed by atoms with E-state index >= 15 is 0 Å². The normalized spacial score (nSPS) is 20.9. The van der Waals surface area contributed by atoms with Crippen LogP contribution < -0.4 is 10.6 Å². The number of nitrogens with one attached hydrogen (secondary N) is 2. The van der Waals surface area contributed by atoms with Crippen LogP contribution in [0.15, 0.2) is 29.3 Å². The van der Waals surface area contributed by atoms with Crippen LogP contribution in [0.5, 0.6) is 0 Å². The van der Waals surface area contributed by atoms with Gasteiger partial charge in [0.1, 0.15) is 5.82 Å². The van der Waals surface area contributed by atoms with Crippen LogP contribution in [0.3, 0.4) is 0 Å². The van der Waals surface area contributed by atoms with Gasteiger partial charge in [0.25, 0.3) is 0 Å². The van der Waals surface area contributed by atoms with Crippen LogP contribution in [-0.4, -0.2) is 25.1 Å². The second-order valence-electron chi connectivity index (χ2n) is 6.61. The van der Waals surface area contributed by atoms with Crippen molar-refractivity contribution < 1.29 is 4.39 Å². The van der Waals surface area contributed by atoms with Crippen molar-refractivity contribution in [3.8, 4) is 0 Å². The van der Waals surface area contributed by atoms with Gasteiger partial charge in [0.05, 0.1) is 6.54 Å². The Bertz CT molecular complexity index is 531. The molecule has 22 heavy (non-hydrogen) atoms. The molecule has 0 aromatic heterocycles. The molecule has 2 fully saturated rings. The maximum Gasteiger partial charge on any atom is 0.191 e. The highest BCUT2D eigenvalue weighted by molar-refractivity contribution is 5.80. The Kier molecular flexibility index (Phi) is 4.65. The van der Waals surface area contributed by atoms with Gasteiger partial charge in [-0.1, -0.05) is 25.0 Å². The standard InChI is InChI=1S/C18H26FN3/c1-2-20-17(22-16-8-3-4-9-16)21-13-18(10-11-18)14-6-5-7-15(19)12-14/h5-7,12,16H,2-4,8-11,13H2,1H3,(H2,20,21,22). The van der Waals surface area contributed by atoms with E-state index in [2.05, 4.69) is 17.6 Å². The molecule has 1 aromatic carbocycles. The summed E-state index contributed by atoms with van der Waals surface area (Å²) >= 11 is 0. The van der Waals surface area contributed by atoms with E-state index < -0.39 is 0 Å². The van der Waals surface area contributed by atoms with E-state index in [0.29, 0.717) is 6.04 Å². The van der Waals surface area contributed by atoms with E-state index in [9.17, 15) is 4.39 Å². The maximum absolute atomic E-state index is 13.5. The Morgan fingerprint density at radius 3 is 2.73 bits per heavy atom. The number of benzene rings is 1. The molecule has 3 rings (SSSR count). The van der Waals surface area contributed by atoms with Crippen LogP contribution >= 0.6 is 0 Å². The summed E-state index contributed by atoms with van der Waals surface area (Å²) in [6, 6.07) is 7.57. The smallest absolute Gasteiger partial charge is 0.191 e. The molecule has 0 radical (unpaired) electrons. The van der Waals surface area contributed by atoms with Gasteiger partial charge in [-0.2, -0.15) is 0 Å². The van der Waals surface area contributed by atoms with E-state index in [1.807, 2.05) is 6.07 Å². The van der Waals surface area contributed by atoms with E-state index in [0.717, 1.165) is 37.5 Å². The van der Waals surface area contributed by atoms with Crippen LogP contribution in [0, 0.1) is 5.82 Å². The lowest BCUT2D eigenvalue weighted by atomic mass is 9.96. The minimum Gasteiger partial charge on any atom is -0.357 e. The molecular formula is C18H26FN3. The highest BCUT2D eigenvalue weighted by atomic mass is 19.1. The Balaban J connectivity index is 1.66. The second-order valence-corrected chi connectivity index (χ2v) is 6.61. The molecule has 0 spiro atoms. The number of aliphatic imine (C=N–C) groups is 1. The van der Waals surface area contributed by atoms with Gasteiger partial charge in [-0.25, -0.2) is 4.39 Å². The quantitative estimate of drug-likeness (QED) is 0.646. The third-order valence-corrected chi connectivity index (χ3v) is 4.87. The fraction of sp³-hybridized carbons (Fsp3) is 0.611. The van der Waals surface area contributed by atoms with Crippen molar-refractivity contribution in [1.82, 2.24) is 10.6 Å². The Labute approximate surface area is 132 Å². The predicted octanol–water partition coefficient (Wildman–Crippen LogP) is 3.36. The maximum atomic E-state index is 13.5. The monoisotopic (exact) mass is 303 g/mol. The van der Waals surface area contributed by atoms with E-state index in [4.69, 9.17) is 4.99 Å². The average molecular weight is 303 g/mol. The van der Waals surface area contributed by atoms with Crippen LogP contribution in [0.2, 0.25) is 0 Å². The highest BCUT2D eigenvalue weighted by Crippen LogP contribution is 2.48. The molecule has 2 aliphatic carbocycles. The summed E-state index contributed by atoms with van der Waals surface area (Å²) in [4.78, 5) is 4.79. The third kappa shape index (κ3) is 3.60. The average Bonchev–Trinajstić information content (AvgIpc) is 3.14. The Morgan fingerprint density at radius 2 is 2.09 bits per heavy atom. The van der Waals surface area contributed by atoms with Gasteiger partial charge < -0.3 is 10.6 Å². The number of hydrogen-bond donors (Lipinski definition) is 2. The molecule has 2 saturated carbocycles. The molecule has 120 valence electrons. The van der Waals surface area contributed by atoms with Crippen molar-refractivity contribution in [2.75, 3.05) is 13.1 Å². The number of guanidine groups is 1. The summed E-state index contributed by atoms with van der Waals surface area (Å²) in [6.45, 7) is 3.69. The van der Waals surface area contributed by atoms with Crippen LogP contribution in [0.1, 0.15) is 51.0 Å². The van der Waals surface area contributed by atoms with Crippen molar-refractivity contribution in [3.05, 3.63) is 35.6 Å². The first-order valence-electron chi connectivity index (χ1n) is 8.53.